The Morgan fingerprint density at radius 2 is 2.05 bits per heavy atom. The summed E-state index contributed by atoms with van der Waals surface area (Å²) >= 11 is 10.8. The van der Waals surface area contributed by atoms with Crippen molar-refractivity contribution in [1.82, 2.24) is 4.98 Å². The van der Waals surface area contributed by atoms with E-state index in [0.29, 0.717) is 11.3 Å². The van der Waals surface area contributed by atoms with Gasteiger partial charge in [0.25, 0.3) is 10.0 Å². The molecule has 8 heteroatoms. The molecular formula is C13H12ClN3O2S2. The van der Waals surface area contributed by atoms with E-state index in [1.54, 1.807) is 25.1 Å². The summed E-state index contributed by atoms with van der Waals surface area (Å²) in [6.07, 6.45) is 0. The Morgan fingerprint density at radius 1 is 1.33 bits per heavy atom. The number of halogens is 1. The summed E-state index contributed by atoms with van der Waals surface area (Å²) in [5, 5.41) is 0.0421. The fraction of sp³-hybridized carbons (Fsp3) is 0.0769. The van der Waals surface area contributed by atoms with Gasteiger partial charge in [-0.15, -0.1) is 0 Å². The molecule has 0 spiro atoms. The number of nitrogens with two attached hydrogens (primary N) is 1. The molecule has 0 fully saturated rings. The number of thiocarbonyl (C=S) groups is 1. The fourth-order valence-corrected chi connectivity index (χ4v) is 3.34. The molecule has 3 N–H and O–H groups in total. The van der Waals surface area contributed by atoms with Crippen LogP contribution < -0.4 is 10.5 Å². The number of rotatable bonds is 4. The van der Waals surface area contributed by atoms with Crippen molar-refractivity contribution >= 4 is 44.6 Å². The number of anilines is 1. The number of hydrogen-bond acceptors (Lipinski definition) is 4. The fourth-order valence-electron chi connectivity index (χ4n) is 1.66. The van der Waals surface area contributed by atoms with E-state index >= 15 is 0 Å². The SMILES string of the molecule is Cc1cccc(NS(=O)(=O)c2ccc(C(N)=S)cc2Cl)n1. The van der Waals surface area contributed by atoms with E-state index < -0.39 is 10.0 Å². The molecule has 5 nitrogen and oxygen atoms in total. The van der Waals surface area contributed by atoms with E-state index in [9.17, 15) is 8.42 Å². The number of aromatic nitrogens is 1. The van der Waals surface area contributed by atoms with Gasteiger partial charge < -0.3 is 5.73 Å². The number of nitrogens with one attached hydrogen (secondary N) is 1. The number of benzene rings is 1. The first-order valence-corrected chi connectivity index (χ1v) is 8.12. The molecule has 0 saturated carbocycles. The Hall–Kier alpha value is -1.70. The normalized spacial score (nSPS) is 11.1. The van der Waals surface area contributed by atoms with E-state index in [4.69, 9.17) is 29.6 Å². The lowest BCUT2D eigenvalue weighted by atomic mass is 10.2. The highest BCUT2D eigenvalue weighted by atomic mass is 35.5. The summed E-state index contributed by atoms with van der Waals surface area (Å²) in [4.78, 5) is 4.17. The zero-order valence-electron chi connectivity index (χ0n) is 11.0. The molecule has 1 aromatic heterocycles. The van der Waals surface area contributed by atoms with Gasteiger partial charge in [0, 0.05) is 11.3 Å². The van der Waals surface area contributed by atoms with E-state index in [1.165, 1.54) is 18.2 Å². The van der Waals surface area contributed by atoms with Crippen LogP contribution in [0.2, 0.25) is 5.02 Å². The van der Waals surface area contributed by atoms with Crippen molar-refractivity contribution < 1.29 is 8.42 Å². The predicted octanol–water partition coefficient (Wildman–Crippen LogP) is 2.48. The molecule has 2 rings (SSSR count). The molecule has 110 valence electrons. The van der Waals surface area contributed by atoms with Gasteiger partial charge in [-0.25, -0.2) is 13.4 Å². The third kappa shape index (κ3) is 3.69. The number of pyridine rings is 1. The van der Waals surface area contributed by atoms with Crippen molar-refractivity contribution in [3.05, 3.63) is 52.7 Å². The molecular weight excluding hydrogens is 330 g/mol. The maximum absolute atomic E-state index is 12.3. The van der Waals surface area contributed by atoms with Crippen LogP contribution >= 0.6 is 23.8 Å². The second kappa shape index (κ2) is 5.97. The average Bonchev–Trinajstić information content (AvgIpc) is 2.37. The van der Waals surface area contributed by atoms with Crippen LogP contribution in [0.15, 0.2) is 41.3 Å². The Morgan fingerprint density at radius 3 is 2.62 bits per heavy atom. The van der Waals surface area contributed by atoms with Crippen LogP contribution in [0.1, 0.15) is 11.3 Å². The zero-order valence-corrected chi connectivity index (χ0v) is 13.4. The molecule has 0 saturated heterocycles. The minimum atomic E-state index is -3.83. The van der Waals surface area contributed by atoms with Crippen LogP contribution in [-0.2, 0) is 10.0 Å². The van der Waals surface area contributed by atoms with Gasteiger partial charge in [0.2, 0.25) is 0 Å². The quantitative estimate of drug-likeness (QED) is 0.834. The van der Waals surface area contributed by atoms with E-state index in [2.05, 4.69) is 9.71 Å². The summed E-state index contributed by atoms with van der Waals surface area (Å²) in [5.41, 5.74) is 6.68. The minimum Gasteiger partial charge on any atom is -0.389 e. The van der Waals surface area contributed by atoms with E-state index in [-0.39, 0.29) is 20.7 Å². The van der Waals surface area contributed by atoms with Crippen LogP contribution in [0.5, 0.6) is 0 Å². The van der Waals surface area contributed by atoms with Crippen molar-refractivity contribution in [2.45, 2.75) is 11.8 Å². The van der Waals surface area contributed by atoms with Gasteiger partial charge in [-0.3, -0.25) is 4.72 Å². The van der Waals surface area contributed by atoms with E-state index in [1.807, 2.05) is 0 Å². The van der Waals surface area contributed by atoms with Crippen LogP contribution in [0, 0.1) is 6.92 Å². The molecule has 0 bridgehead atoms. The maximum Gasteiger partial charge on any atom is 0.264 e. The number of aryl methyl sites for hydroxylation is 1. The Bertz CT molecular complexity index is 807. The molecule has 0 atom stereocenters. The van der Waals surface area contributed by atoms with Crippen molar-refractivity contribution in [1.29, 1.82) is 0 Å². The van der Waals surface area contributed by atoms with Crippen molar-refractivity contribution in [2.75, 3.05) is 4.72 Å². The summed E-state index contributed by atoms with van der Waals surface area (Å²) in [6.45, 7) is 1.77. The average molecular weight is 342 g/mol. The van der Waals surface area contributed by atoms with Crippen LogP contribution in [0.4, 0.5) is 5.82 Å². The summed E-state index contributed by atoms with van der Waals surface area (Å²) in [5.74, 6) is 0.226. The van der Waals surface area contributed by atoms with Gasteiger partial charge >= 0.3 is 0 Å². The maximum atomic E-state index is 12.3. The summed E-state index contributed by atoms with van der Waals surface area (Å²) in [6, 6.07) is 9.31. The first-order chi connectivity index (χ1) is 9.79. The van der Waals surface area contributed by atoms with Crippen molar-refractivity contribution in [2.24, 2.45) is 5.73 Å². The smallest absolute Gasteiger partial charge is 0.264 e. The third-order valence-corrected chi connectivity index (χ3v) is 4.71. The zero-order chi connectivity index (χ0) is 15.6. The largest absolute Gasteiger partial charge is 0.389 e. The lowest BCUT2D eigenvalue weighted by Crippen LogP contribution is -2.15. The van der Waals surface area contributed by atoms with Gasteiger partial charge in [-0.2, -0.15) is 0 Å². The molecule has 21 heavy (non-hydrogen) atoms. The molecule has 0 amide bonds. The second-order valence-electron chi connectivity index (χ2n) is 4.28. The summed E-state index contributed by atoms with van der Waals surface area (Å²) in [7, 11) is -3.83. The molecule has 1 aromatic carbocycles. The molecule has 2 aromatic rings. The Balaban J connectivity index is 2.38. The van der Waals surface area contributed by atoms with Crippen LogP contribution in [0.3, 0.4) is 0 Å². The van der Waals surface area contributed by atoms with Crippen LogP contribution in [0.25, 0.3) is 0 Å². The summed E-state index contributed by atoms with van der Waals surface area (Å²) < 4.78 is 27.0. The Kier molecular flexibility index (Phi) is 4.46. The third-order valence-electron chi connectivity index (χ3n) is 2.63. The van der Waals surface area contributed by atoms with E-state index in [0.717, 1.165) is 0 Å². The lowest BCUT2D eigenvalue weighted by Gasteiger charge is -2.10. The standard InChI is InChI=1S/C13H12ClN3O2S2/c1-8-3-2-4-12(16-8)17-21(18,19)11-6-5-9(13(15)20)7-10(11)14/h2-7H,1H3,(H2,15,20)(H,16,17). The second-order valence-corrected chi connectivity index (χ2v) is 6.78. The van der Waals surface area contributed by atoms with Gasteiger partial charge in [-0.05, 0) is 31.2 Å². The highest BCUT2D eigenvalue weighted by molar-refractivity contribution is 7.92. The van der Waals surface area contributed by atoms with Crippen LogP contribution in [-0.4, -0.2) is 18.4 Å². The van der Waals surface area contributed by atoms with Gasteiger partial charge in [0.1, 0.15) is 15.7 Å². The molecule has 0 aliphatic heterocycles. The topological polar surface area (TPSA) is 85.1 Å². The highest BCUT2D eigenvalue weighted by Gasteiger charge is 2.19. The van der Waals surface area contributed by atoms with Gasteiger partial charge in [0.15, 0.2) is 0 Å². The molecule has 1 heterocycles. The first-order valence-electron chi connectivity index (χ1n) is 5.85. The molecule has 0 unspecified atom stereocenters. The monoisotopic (exact) mass is 341 g/mol. The predicted molar refractivity (Wildman–Crippen MR) is 87.1 cm³/mol. The van der Waals surface area contributed by atoms with Gasteiger partial charge in [-0.1, -0.05) is 36.0 Å². The highest BCUT2D eigenvalue weighted by Crippen LogP contribution is 2.24. The number of nitrogens with zero attached hydrogens (tertiary/aromatic N) is 1. The Labute approximate surface area is 133 Å². The molecule has 0 aliphatic carbocycles. The molecule has 0 aliphatic rings. The number of hydrogen-bond donors (Lipinski definition) is 2. The van der Waals surface area contributed by atoms with Gasteiger partial charge in [0.05, 0.1) is 5.02 Å². The van der Waals surface area contributed by atoms with Crippen molar-refractivity contribution in [3.63, 3.8) is 0 Å². The minimum absolute atomic E-state index is 0.0421. The first kappa shape index (κ1) is 15.7. The molecule has 0 radical (unpaired) electrons. The number of sulfonamides is 1. The van der Waals surface area contributed by atoms with Crippen molar-refractivity contribution in [3.8, 4) is 0 Å². The lowest BCUT2D eigenvalue weighted by molar-refractivity contribution is 0.601.